The molecule has 1 atom stereocenters. The van der Waals surface area contributed by atoms with E-state index in [-0.39, 0.29) is 10.6 Å². The van der Waals surface area contributed by atoms with Crippen molar-refractivity contribution < 1.29 is 4.79 Å². The van der Waals surface area contributed by atoms with E-state index < -0.39 is 0 Å². The summed E-state index contributed by atoms with van der Waals surface area (Å²) in [5.41, 5.74) is 1.37. The van der Waals surface area contributed by atoms with Crippen molar-refractivity contribution in [2.75, 3.05) is 0 Å². The summed E-state index contributed by atoms with van der Waals surface area (Å²) in [6, 6.07) is 7.18. The predicted molar refractivity (Wildman–Crippen MR) is 67.9 cm³/mol. The number of nitrogens with zero attached hydrogens (tertiary/aromatic N) is 1. The molecule has 0 fully saturated rings. The lowest BCUT2D eigenvalue weighted by atomic mass is 10.0. The summed E-state index contributed by atoms with van der Waals surface area (Å²) in [6.45, 7) is 1.82. The molecule has 0 aromatic heterocycles. The first-order chi connectivity index (χ1) is 7.58. The minimum absolute atomic E-state index is 0.129. The first-order valence-corrected chi connectivity index (χ1v) is 6.23. The third-order valence-electron chi connectivity index (χ3n) is 2.28. The highest BCUT2D eigenvalue weighted by molar-refractivity contribution is 9.10. The molecule has 0 radical (unpaired) electrons. The number of hydrogen-bond acceptors (Lipinski definition) is 2. The third-order valence-corrected chi connectivity index (χ3v) is 3.35. The fraction of sp³-hybridized carbons (Fsp3) is 0.333. The maximum atomic E-state index is 11.4. The van der Waals surface area contributed by atoms with E-state index >= 15 is 0 Å². The highest BCUT2D eigenvalue weighted by Gasteiger charge is 2.15. The Hall–Kier alpha value is -0.850. The molecule has 4 heteroatoms. The van der Waals surface area contributed by atoms with Crippen LogP contribution >= 0.6 is 27.5 Å². The fourth-order valence-electron chi connectivity index (χ4n) is 1.37. The quantitative estimate of drug-likeness (QED) is 0.799. The first-order valence-electron chi connectivity index (χ1n) is 4.93. The van der Waals surface area contributed by atoms with Gasteiger partial charge in [0.15, 0.2) is 0 Å². The highest BCUT2D eigenvalue weighted by atomic mass is 79.9. The van der Waals surface area contributed by atoms with Crippen LogP contribution in [0.2, 0.25) is 5.02 Å². The number of rotatable bonds is 4. The molecule has 1 aromatic carbocycles. The molecule has 1 aromatic rings. The first kappa shape index (κ1) is 13.2. The number of carbonyl (C=O) groups is 1. The molecule has 0 bridgehead atoms. The van der Waals surface area contributed by atoms with E-state index in [1.807, 2.05) is 6.92 Å². The SMILES string of the molecule is CCC(=O)C(Br)Cc1cc(Cl)ccc1C#N. The maximum absolute atomic E-state index is 11.4. The van der Waals surface area contributed by atoms with Crippen LogP contribution in [0.15, 0.2) is 18.2 Å². The molecule has 0 saturated heterocycles. The monoisotopic (exact) mass is 299 g/mol. The Labute approximate surface area is 108 Å². The average Bonchev–Trinajstić information content (AvgIpc) is 2.28. The Balaban J connectivity index is 2.92. The number of hydrogen-bond donors (Lipinski definition) is 0. The van der Waals surface area contributed by atoms with Crippen LogP contribution in [0.1, 0.15) is 24.5 Å². The minimum Gasteiger partial charge on any atom is -0.298 e. The molecule has 84 valence electrons. The average molecular weight is 301 g/mol. The fourth-order valence-corrected chi connectivity index (χ4v) is 2.24. The van der Waals surface area contributed by atoms with E-state index in [2.05, 4.69) is 22.0 Å². The number of ketones is 1. The van der Waals surface area contributed by atoms with Crippen molar-refractivity contribution in [1.29, 1.82) is 5.26 Å². The summed E-state index contributed by atoms with van der Waals surface area (Å²) < 4.78 is 0. The summed E-state index contributed by atoms with van der Waals surface area (Å²) in [6.07, 6.45) is 0.981. The summed E-state index contributed by atoms with van der Waals surface area (Å²) in [7, 11) is 0. The van der Waals surface area contributed by atoms with Crippen molar-refractivity contribution in [2.45, 2.75) is 24.6 Å². The second-order valence-electron chi connectivity index (χ2n) is 3.40. The molecule has 0 aliphatic carbocycles. The summed E-state index contributed by atoms with van der Waals surface area (Å²) in [5.74, 6) is 0.129. The van der Waals surface area contributed by atoms with Crippen LogP contribution in [-0.4, -0.2) is 10.6 Å². The van der Waals surface area contributed by atoms with Crippen LogP contribution in [0.25, 0.3) is 0 Å². The summed E-state index contributed by atoms with van der Waals surface area (Å²) >= 11 is 9.19. The molecular weight excluding hydrogens is 289 g/mol. The molecular formula is C12H11BrClNO. The van der Waals surface area contributed by atoms with E-state index in [1.54, 1.807) is 18.2 Å². The van der Waals surface area contributed by atoms with Crippen molar-refractivity contribution in [2.24, 2.45) is 0 Å². The number of halogens is 2. The molecule has 0 spiro atoms. The normalized spacial score (nSPS) is 11.9. The topological polar surface area (TPSA) is 40.9 Å². The Morgan fingerprint density at radius 3 is 2.88 bits per heavy atom. The Morgan fingerprint density at radius 2 is 2.31 bits per heavy atom. The summed E-state index contributed by atoms with van der Waals surface area (Å²) in [5, 5.41) is 9.51. The molecule has 0 aliphatic heterocycles. The largest absolute Gasteiger partial charge is 0.298 e. The number of alkyl halides is 1. The van der Waals surface area contributed by atoms with Gasteiger partial charge in [0.2, 0.25) is 0 Å². The van der Waals surface area contributed by atoms with Crippen LogP contribution in [0.5, 0.6) is 0 Å². The van der Waals surface area contributed by atoms with Gasteiger partial charge in [-0.3, -0.25) is 4.79 Å². The van der Waals surface area contributed by atoms with Gasteiger partial charge in [0.1, 0.15) is 5.78 Å². The van der Waals surface area contributed by atoms with Gasteiger partial charge in [-0.1, -0.05) is 34.5 Å². The van der Waals surface area contributed by atoms with Crippen LogP contribution < -0.4 is 0 Å². The van der Waals surface area contributed by atoms with Crippen molar-refractivity contribution in [3.63, 3.8) is 0 Å². The van der Waals surface area contributed by atoms with Gasteiger partial charge in [0, 0.05) is 11.4 Å². The van der Waals surface area contributed by atoms with Crippen LogP contribution in [0.3, 0.4) is 0 Å². The van der Waals surface area contributed by atoms with Gasteiger partial charge >= 0.3 is 0 Å². The second kappa shape index (κ2) is 6.03. The molecule has 1 rings (SSSR count). The van der Waals surface area contributed by atoms with Crippen molar-refractivity contribution in [1.82, 2.24) is 0 Å². The Kier molecular flexibility index (Phi) is 4.98. The highest BCUT2D eigenvalue weighted by Crippen LogP contribution is 2.20. The molecule has 2 nitrogen and oxygen atoms in total. The molecule has 0 aliphatic rings. The van der Waals surface area contributed by atoms with Gasteiger partial charge in [-0.25, -0.2) is 0 Å². The maximum Gasteiger partial charge on any atom is 0.146 e. The molecule has 1 unspecified atom stereocenters. The van der Waals surface area contributed by atoms with Gasteiger partial charge in [-0.2, -0.15) is 5.26 Å². The van der Waals surface area contributed by atoms with Crippen molar-refractivity contribution in [3.8, 4) is 6.07 Å². The van der Waals surface area contributed by atoms with Gasteiger partial charge < -0.3 is 0 Å². The van der Waals surface area contributed by atoms with Gasteiger partial charge in [0.25, 0.3) is 0 Å². The lowest BCUT2D eigenvalue weighted by Crippen LogP contribution is -2.16. The molecule has 0 N–H and O–H groups in total. The van der Waals surface area contributed by atoms with Crippen LogP contribution in [0, 0.1) is 11.3 Å². The molecule has 0 heterocycles. The molecule has 0 saturated carbocycles. The third kappa shape index (κ3) is 3.33. The summed E-state index contributed by atoms with van der Waals surface area (Å²) in [4.78, 5) is 11.2. The lowest BCUT2D eigenvalue weighted by molar-refractivity contribution is -0.118. The zero-order chi connectivity index (χ0) is 12.1. The zero-order valence-corrected chi connectivity index (χ0v) is 11.2. The van der Waals surface area contributed by atoms with Crippen molar-refractivity contribution >= 4 is 33.3 Å². The van der Waals surface area contributed by atoms with E-state index in [1.165, 1.54) is 0 Å². The minimum atomic E-state index is -0.247. The standard InChI is InChI=1S/C12H11BrClNO/c1-2-12(16)11(13)6-9-5-10(14)4-3-8(9)7-15/h3-5,11H,2,6H2,1H3. The second-order valence-corrected chi connectivity index (χ2v) is 4.95. The number of benzene rings is 1. The van der Waals surface area contributed by atoms with Crippen molar-refractivity contribution in [3.05, 3.63) is 34.3 Å². The van der Waals surface area contributed by atoms with Gasteiger partial charge in [-0.05, 0) is 30.2 Å². The zero-order valence-electron chi connectivity index (χ0n) is 8.84. The van der Waals surface area contributed by atoms with Crippen LogP contribution in [-0.2, 0) is 11.2 Å². The van der Waals surface area contributed by atoms with E-state index in [9.17, 15) is 4.79 Å². The van der Waals surface area contributed by atoms with Gasteiger partial charge in [-0.15, -0.1) is 0 Å². The Morgan fingerprint density at radius 1 is 1.62 bits per heavy atom. The Bertz CT molecular complexity index is 439. The van der Waals surface area contributed by atoms with Crippen LogP contribution in [0.4, 0.5) is 0 Å². The molecule has 16 heavy (non-hydrogen) atoms. The predicted octanol–water partition coefficient (Wildman–Crippen LogP) is 3.50. The molecule has 0 amide bonds. The van der Waals surface area contributed by atoms with E-state index in [0.717, 1.165) is 5.56 Å². The smallest absolute Gasteiger partial charge is 0.146 e. The number of carbonyl (C=O) groups excluding carboxylic acids is 1. The lowest BCUT2D eigenvalue weighted by Gasteiger charge is -2.09. The number of nitriles is 1. The van der Waals surface area contributed by atoms with E-state index in [0.29, 0.717) is 23.4 Å². The number of Topliss-reactive ketones (excluding diaryl/α,β-unsaturated/α-hetero) is 1. The van der Waals surface area contributed by atoms with Gasteiger partial charge in [0.05, 0.1) is 16.5 Å². The van der Waals surface area contributed by atoms with E-state index in [4.69, 9.17) is 16.9 Å².